The predicted molar refractivity (Wildman–Crippen MR) is 78.9 cm³/mol. The van der Waals surface area contributed by atoms with Crippen LogP contribution in [0.25, 0.3) is 0 Å². The van der Waals surface area contributed by atoms with Gasteiger partial charge in [-0.2, -0.15) is 0 Å². The Hall–Kier alpha value is -2.51. The highest BCUT2D eigenvalue weighted by Gasteiger charge is 2.37. The lowest BCUT2D eigenvalue weighted by Crippen LogP contribution is -2.43. The number of likely N-dealkylation sites (tertiary alicyclic amines) is 1. The molecule has 1 amide bonds. The highest BCUT2D eigenvalue weighted by molar-refractivity contribution is 5.95. The van der Waals surface area contributed by atoms with Crippen molar-refractivity contribution in [3.63, 3.8) is 0 Å². The smallest absolute Gasteiger partial charge is 0.356 e. The van der Waals surface area contributed by atoms with Gasteiger partial charge in [-0.1, -0.05) is 0 Å². The summed E-state index contributed by atoms with van der Waals surface area (Å²) in [5.74, 6) is -2.12. The number of aromatic carboxylic acids is 1. The zero-order valence-corrected chi connectivity index (χ0v) is 13.3. The minimum absolute atomic E-state index is 0.00505. The summed E-state index contributed by atoms with van der Waals surface area (Å²) in [5.41, 5.74) is -0.866. The molecule has 8 nitrogen and oxygen atoms in total. The summed E-state index contributed by atoms with van der Waals surface area (Å²) < 4.78 is 5.34. The van der Waals surface area contributed by atoms with E-state index < -0.39 is 29.5 Å². The van der Waals surface area contributed by atoms with E-state index in [2.05, 4.69) is 9.97 Å². The van der Waals surface area contributed by atoms with Crippen molar-refractivity contribution < 1.29 is 24.2 Å². The fourth-order valence-corrected chi connectivity index (χ4v) is 2.32. The number of esters is 1. The molecule has 0 bridgehead atoms. The maximum absolute atomic E-state index is 12.5. The van der Waals surface area contributed by atoms with Crippen molar-refractivity contribution in [3.8, 4) is 0 Å². The largest absolute Gasteiger partial charge is 0.476 e. The first-order valence-corrected chi connectivity index (χ1v) is 7.28. The summed E-state index contributed by atoms with van der Waals surface area (Å²) in [4.78, 5) is 44.4. The number of carboxylic acids is 1. The Bertz CT molecular complexity index is 621. The van der Waals surface area contributed by atoms with Gasteiger partial charge in [0.2, 0.25) is 0 Å². The number of carbonyl (C=O) groups is 3. The minimum Gasteiger partial charge on any atom is -0.476 e. The fraction of sp³-hybridized carbons (Fsp3) is 0.533. The van der Waals surface area contributed by atoms with Gasteiger partial charge in [0.1, 0.15) is 17.3 Å². The first kappa shape index (κ1) is 16.9. The van der Waals surface area contributed by atoms with E-state index in [1.54, 1.807) is 20.8 Å². The van der Waals surface area contributed by atoms with Gasteiger partial charge in [-0.25, -0.2) is 19.6 Å². The predicted octanol–water partition coefficient (Wildman–Crippen LogP) is 1.12. The molecule has 0 radical (unpaired) electrons. The summed E-state index contributed by atoms with van der Waals surface area (Å²) in [7, 11) is 0. The molecule has 8 heteroatoms. The van der Waals surface area contributed by atoms with Crippen LogP contribution in [0.5, 0.6) is 0 Å². The first-order chi connectivity index (χ1) is 10.7. The quantitative estimate of drug-likeness (QED) is 0.831. The van der Waals surface area contributed by atoms with Crippen LogP contribution < -0.4 is 0 Å². The summed E-state index contributed by atoms with van der Waals surface area (Å²) >= 11 is 0. The van der Waals surface area contributed by atoms with Gasteiger partial charge in [-0.3, -0.25) is 4.79 Å². The maximum atomic E-state index is 12.5. The molecule has 1 aliphatic heterocycles. The van der Waals surface area contributed by atoms with Crippen LogP contribution in [-0.2, 0) is 9.53 Å². The average Bonchev–Trinajstić information content (AvgIpc) is 2.94. The first-order valence-electron chi connectivity index (χ1n) is 7.28. The molecule has 1 aliphatic rings. The van der Waals surface area contributed by atoms with Crippen LogP contribution in [0.2, 0.25) is 0 Å². The number of amides is 1. The average molecular weight is 321 g/mol. The van der Waals surface area contributed by atoms with Gasteiger partial charge >= 0.3 is 11.9 Å². The molecule has 1 aromatic heterocycles. The molecule has 0 spiro atoms. The Kier molecular flexibility index (Phi) is 4.63. The van der Waals surface area contributed by atoms with Crippen LogP contribution >= 0.6 is 0 Å². The second-order valence-electron chi connectivity index (χ2n) is 6.28. The molecule has 23 heavy (non-hydrogen) atoms. The van der Waals surface area contributed by atoms with E-state index in [0.29, 0.717) is 19.4 Å². The van der Waals surface area contributed by atoms with E-state index in [9.17, 15) is 14.4 Å². The highest BCUT2D eigenvalue weighted by atomic mass is 16.6. The van der Waals surface area contributed by atoms with Crippen LogP contribution in [0.1, 0.15) is 54.6 Å². The van der Waals surface area contributed by atoms with E-state index in [0.717, 1.165) is 12.4 Å². The maximum Gasteiger partial charge on any atom is 0.356 e. The second kappa shape index (κ2) is 6.31. The molecule has 1 fully saturated rings. The van der Waals surface area contributed by atoms with Crippen molar-refractivity contribution >= 4 is 17.8 Å². The van der Waals surface area contributed by atoms with Gasteiger partial charge in [0, 0.05) is 6.54 Å². The van der Waals surface area contributed by atoms with Crippen LogP contribution in [0.4, 0.5) is 0 Å². The van der Waals surface area contributed by atoms with Crippen molar-refractivity contribution in [2.24, 2.45) is 0 Å². The molecular formula is C15H19N3O5. The van der Waals surface area contributed by atoms with E-state index in [-0.39, 0.29) is 11.4 Å². The molecular weight excluding hydrogens is 302 g/mol. The normalized spacial score (nSPS) is 17.9. The lowest BCUT2D eigenvalue weighted by atomic mass is 10.1. The fourth-order valence-electron chi connectivity index (χ4n) is 2.32. The topological polar surface area (TPSA) is 110 Å². The number of carbonyl (C=O) groups excluding carboxylic acids is 2. The molecule has 1 saturated heterocycles. The van der Waals surface area contributed by atoms with Gasteiger partial charge in [0.05, 0.1) is 12.4 Å². The van der Waals surface area contributed by atoms with E-state index >= 15 is 0 Å². The number of carboxylic acid groups (broad SMARTS) is 1. The standard InChI is InChI=1S/C15H19N3O5/c1-15(2,3)23-14(22)11-5-4-6-18(11)12(19)9-7-17-10(8-16-9)13(20)21/h7-8,11H,4-6H2,1-3H3,(H,20,21). The van der Waals surface area contributed by atoms with Crippen LogP contribution in [0.3, 0.4) is 0 Å². The van der Waals surface area contributed by atoms with Crippen molar-refractivity contribution in [2.75, 3.05) is 6.54 Å². The van der Waals surface area contributed by atoms with Crippen molar-refractivity contribution in [1.29, 1.82) is 0 Å². The lowest BCUT2D eigenvalue weighted by molar-refractivity contribution is -0.159. The molecule has 1 unspecified atom stereocenters. The van der Waals surface area contributed by atoms with Gasteiger partial charge in [-0.15, -0.1) is 0 Å². The zero-order valence-electron chi connectivity index (χ0n) is 13.3. The van der Waals surface area contributed by atoms with Crippen LogP contribution in [0.15, 0.2) is 12.4 Å². The molecule has 0 aromatic carbocycles. The third-order valence-electron chi connectivity index (χ3n) is 3.28. The lowest BCUT2D eigenvalue weighted by Gasteiger charge is -2.27. The van der Waals surface area contributed by atoms with Gasteiger partial charge in [0.25, 0.3) is 5.91 Å². The van der Waals surface area contributed by atoms with E-state index in [1.165, 1.54) is 4.90 Å². The van der Waals surface area contributed by atoms with Gasteiger partial charge in [0.15, 0.2) is 5.69 Å². The minimum atomic E-state index is -1.22. The van der Waals surface area contributed by atoms with E-state index in [4.69, 9.17) is 9.84 Å². The molecule has 1 aromatic rings. The summed E-state index contributed by atoms with van der Waals surface area (Å²) in [6, 6.07) is -0.650. The Balaban J connectivity index is 2.14. The van der Waals surface area contributed by atoms with Gasteiger partial charge in [-0.05, 0) is 33.6 Å². The zero-order chi connectivity index (χ0) is 17.2. The Morgan fingerprint density at radius 2 is 1.83 bits per heavy atom. The number of aromatic nitrogens is 2. The van der Waals surface area contributed by atoms with Crippen molar-refractivity contribution in [3.05, 3.63) is 23.8 Å². The number of nitrogens with zero attached hydrogens (tertiary/aromatic N) is 3. The Labute approximate surface area is 133 Å². The second-order valence-corrected chi connectivity index (χ2v) is 6.28. The monoisotopic (exact) mass is 321 g/mol. The summed E-state index contributed by atoms with van der Waals surface area (Å²) in [5, 5.41) is 8.79. The van der Waals surface area contributed by atoms with E-state index in [1.807, 2.05) is 0 Å². The third kappa shape index (κ3) is 4.02. The number of hydrogen-bond acceptors (Lipinski definition) is 6. The van der Waals surface area contributed by atoms with Gasteiger partial charge < -0.3 is 14.7 Å². The molecule has 0 saturated carbocycles. The summed E-state index contributed by atoms with van der Waals surface area (Å²) in [6.07, 6.45) is 3.35. The third-order valence-corrected chi connectivity index (χ3v) is 3.28. The molecule has 124 valence electrons. The van der Waals surface area contributed by atoms with Crippen LogP contribution in [-0.4, -0.2) is 56.0 Å². The molecule has 2 rings (SSSR count). The number of hydrogen-bond donors (Lipinski definition) is 1. The highest BCUT2D eigenvalue weighted by Crippen LogP contribution is 2.22. The molecule has 1 atom stereocenters. The Morgan fingerprint density at radius 3 is 2.35 bits per heavy atom. The van der Waals surface area contributed by atoms with Crippen molar-refractivity contribution in [1.82, 2.24) is 14.9 Å². The van der Waals surface area contributed by atoms with Crippen molar-refractivity contribution in [2.45, 2.75) is 45.3 Å². The SMILES string of the molecule is CC(C)(C)OC(=O)C1CCCN1C(=O)c1cnc(C(=O)O)cn1. The molecule has 2 heterocycles. The van der Waals surface area contributed by atoms with Crippen LogP contribution in [0, 0.1) is 0 Å². The summed E-state index contributed by atoms with van der Waals surface area (Å²) in [6.45, 7) is 5.72. The molecule has 0 aliphatic carbocycles. The Morgan fingerprint density at radius 1 is 1.22 bits per heavy atom. The number of rotatable bonds is 3. The number of ether oxygens (including phenoxy) is 1. The molecule has 1 N–H and O–H groups in total.